The fraction of sp³-hybridized carbons (Fsp3) is 0.619. The van der Waals surface area contributed by atoms with Crippen LogP contribution in [0.3, 0.4) is 0 Å². The zero-order chi connectivity index (χ0) is 19.1. The van der Waals surface area contributed by atoms with E-state index in [1.54, 1.807) is 0 Å². The van der Waals surface area contributed by atoms with Gasteiger partial charge in [-0.05, 0) is 63.3 Å². The van der Waals surface area contributed by atoms with Crippen molar-refractivity contribution < 1.29 is 14.3 Å². The highest BCUT2D eigenvalue weighted by atomic mass is 16.5. The van der Waals surface area contributed by atoms with E-state index in [1.165, 1.54) is 6.42 Å². The van der Waals surface area contributed by atoms with Crippen molar-refractivity contribution in [3.8, 4) is 5.75 Å². The van der Waals surface area contributed by atoms with Crippen molar-refractivity contribution in [3.63, 3.8) is 0 Å². The van der Waals surface area contributed by atoms with Crippen molar-refractivity contribution >= 4 is 17.6 Å². The fourth-order valence-corrected chi connectivity index (χ4v) is 4.13. The second-order valence-electron chi connectivity index (χ2n) is 7.53. The van der Waals surface area contributed by atoms with Gasteiger partial charge in [0, 0.05) is 18.8 Å². The number of carbonyl (C=O) groups excluding carboxylic acids is 2. The third-order valence-corrected chi connectivity index (χ3v) is 5.54. The molecule has 0 radical (unpaired) electrons. The average Bonchev–Trinajstić information content (AvgIpc) is 2.70. The van der Waals surface area contributed by atoms with E-state index in [4.69, 9.17) is 4.74 Å². The smallest absolute Gasteiger partial charge is 0.320 e. The number of carbonyl (C=O) groups is 2. The number of urea groups is 1. The molecule has 1 aliphatic carbocycles. The topological polar surface area (TPSA) is 70.7 Å². The van der Waals surface area contributed by atoms with E-state index in [1.807, 2.05) is 36.1 Å². The Balaban J connectivity index is 1.66. The van der Waals surface area contributed by atoms with Crippen LogP contribution in [-0.4, -0.2) is 42.1 Å². The van der Waals surface area contributed by atoms with E-state index in [2.05, 4.69) is 10.6 Å². The summed E-state index contributed by atoms with van der Waals surface area (Å²) < 4.78 is 5.42. The molecule has 1 aliphatic heterocycles. The van der Waals surface area contributed by atoms with E-state index in [0.717, 1.165) is 63.8 Å². The van der Waals surface area contributed by atoms with Crippen molar-refractivity contribution in [1.82, 2.24) is 10.2 Å². The number of hydrogen-bond acceptors (Lipinski definition) is 3. The molecule has 0 atom stereocenters. The molecule has 1 saturated heterocycles. The number of nitrogens with one attached hydrogen (secondary N) is 2. The van der Waals surface area contributed by atoms with Crippen LogP contribution < -0.4 is 15.4 Å². The Bertz CT molecular complexity index is 633. The maximum absolute atomic E-state index is 13.2. The van der Waals surface area contributed by atoms with Gasteiger partial charge in [0.05, 0.1) is 6.61 Å². The Morgan fingerprint density at radius 1 is 1.00 bits per heavy atom. The van der Waals surface area contributed by atoms with Gasteiger partial charge in [0.2, 0.25) is 5.91 Å². The molecule has 1 aromatic carbocycles. The minimum atomic E-state index is -0.759. The number of hydrogen-bond donors (Lipinski definition) is 2. The highest BCUT2D eigenvalue weighted by molar-refractivity contribution is 5.96. The predicted octanol–water partition coefficient (Wildman–Crippen LogP) is 3.92. The first-order chi connectivity index (χ1) is 13.1. The van der Waals surface area contributed by atoms with Crippen LogP contribution in [0.1, 0.15) is 58.3 Å². The Labute approximate surface area is 161 Å². The normalized spacial score (nSPS) is 19.2. The molecule has 6 nitrogen and oxygen atoms in total. The maximum Gasteiger partial charge on any atom is 0.320 e. The van der Waals surface area contributed by atoms with Gasteiger partial charge in [0.15, 0.2) is 0 Å². The van der Waals surface area contributed by atoms with Gasteiger partial charge in [0.1, 0.15) is 11.3 Å². The van der Waals surface area contributed by atoms with Crippen LogP contribution in [0.15, 0.2) is 24.3 Å². The molecule has 2 aliphatic rings. The third kappa shape index (κ3) is 4.93. The van der Waals surface area contributed by atoms with Crippen molar-refractivity contribution in [2.45, 2.75) is 63.8 Å². The van der Waals surface area contributed by atoms with Crippen molar-refractivity contribution in [1.29, 1.82) is 0 Å². The minimum Gasteiger partial charge on any atom is -0.494 e. The summed E-state index contributed by atoms with van der Waals surface area (Å²) >= 11 is 0. The number of piperidine rings is 1. The molecule has 3 rings (SSSR count). The molecule has 2 N–H and O–H groups in total. The third-order valence-electron chi connectivity index (χ3n) is 5.54. The number of amides is 3. The number of anilines is 1. The van der Waals surface area contributed by atoms with Crippen LogP contribution in [0.4, 0.5) is 10.5 Å². The molecular weight excluding hydrogens is 342 g/mol. The van der Waals surface area contributed by atoms with Crippen LogP contribution in [-0.2, 0) is 4.79 Å². The lowest BCUT2D eigenvalue weighted by atomic mass is 9.80. The second-order valence-corrected chi connectivity index (χ2v) is 7.53. The van der Waals surface area contributed by atoms with Gasteiger partial charge < -0.3 is 20.3 Å². The fourth-order valence-electron chi connectivity index (χ4n) is 4.13. The molecule has 0 spiro atoms. The number of nitrogens with zero attached hydrogens (tertiary/aromatic N) is 1. The van der Waals surface area contributed by atoms with Gasteiger partial charge >= 0.3 is 6.03 Å². The molecule has 1 saturated carbocycles. The van der Waals surface area contributed by atoms with Gasteiger partial charge in [-0.3, -0.25) is 4.79 Å². The number of likely N-dealkylation sites (tertiary alicyclic amines) is 1. The Morgan fingerprint density at radius 3 is 2.26 bits per heavy atom. The molecule has 1 aromatic rings. The van der Waals surface area contributed by atoms with E-state index in [9.17, 15) is 9.59 Å². The van der Waals surface area contributed by atoms with Crippen LogP contribution in [0.25, 0.3) is 0 Å². The molecule has 148 valence electrons. The van der Waals surface area contributed by atoms with Crippen molar-refractivity contribution in [3.05, 3.63) is 24.3 Å². The number of ether oxygens (including phenoxy) is 1. The maximum atomic E-state index is 13.2. The molecule has 0 unspecified atom stereocenters. The van der Waals surface area contributed by atoms with E-state index >= 15 is 0 Å². The summed E-state index contributed by atoms with van der Waals surface area (Å²) in [6, 6.07) is 6.96. The van der Waals surface area contributed by atoms with Gasteiger partial charge in [-0.25, -0.2) is 4.79 Å². The molecule has 2 fully saturated rings. The summed E-state index contributed by atoms with van der Waals surface area (Å²) in [5, 5.41) is 5.91. The highest BCUT2D eigenvalue weighted by Crippen LogP contribution is 2.31. The second kappa shape index (κ2) is 9.11. The summed E-state index contributed by atoms with van der Waals surface area (Å²) in [5.74, 6) is 0.872. The molecule has 6 heteroatoms. The lowest BCUT2D eigenvalue weighted by molar-refractivity contribution is -0.140. The number of benzene rings is 1. The van der Waals surface area contributed by atoms with Crippen LogP contribution in [0.2, 0.25) is 0 Å². The standard InChI is InChI=1S/C21H31N3O3/c1-2-27-18-11-9-17(10-12-18)22-20(26)23-21(13-5-3-6-14-21)19(25)24-15-7-4-8-16-24/h9-12H,2-8,13-16H2,1H3,(H2,22,23,26). The summed E-state index contributed by atoms with van der Waals surface area (Å²) in [7, 11) is 0. The average molecular weight is 373 g/mol. The quantitative estimate of drug-likeness (QED) is 0.822. The molecule has 3 amide bonds. The Kier molecular flexibility index (Phi) is 6.58. The molecule has 0 bridgehead atoms. The minimum absolute atomic E-state index is 0.101. The SMILES string of the molecule is CCOc1ccc(NC(=O)NC2(C(=O)N3CCCCC3)CCCCC2)cc1. The summed E-state index contributed by atoms with van der Waals surface area (Å²) in [5.41, 5.74) is -0.0716. The first kappa shape index (κ1) is 19.5. The lowest BCUT2D eigenvalue weighted by Gasteiger charge is -2.41. The Morgan fingerprint density at radius 2 is 1.63 bits per heavy atom. The van der Waals surface area contributed by atoms with E-state index in [0.29, 0.717) is 12.3 Å². The van der Waals surface area contributed by atoms with Gasteiger partial charge in [-0.2, -0.15) is 0 Å². The zero-order valence-corrected chi connectivity index (χ0v) is 16.3. The molecule has 1 heterocycles. The largest absolute Gasteiger partial charge is 0.494 e. The lowest BCUT2D eigenvalue weighted by Crippen LogP contribution is -2.61. The first-order valence-electron chi connectivity index (χ1n) is 10.2. The van der Waals surface area contributed by atoms with Crippen LogP contribution >= 0.6 is 0 Å². The van der Waals surface area contributed by atoms with Crippen LogP contribution in [0, 0.1) is 0 Å². The zero-order valence-electron chi connectivity index (χ0n) is 16.3. The molecule has 27 heavy (non-hydrogen) atoms. The van der Waals surface area contributed by atoms with Gasteiger partial charge in [-0.1, -0.05) is 19.3 Å². The van der Waals surface area contributed by atoms with Crippen molar-refractivity contribution in [2.24, 2.45) is 0 Å². The highest BCUT2D eigenvalue weighted by Gasteiger charge is 2.43. The van der Waals surface area contributed by atoms with Crippen LogP contribution in [0.5, 0.6) is 5.75 Å². The monoisotopic (exact) mass is 373 g/mol. The van der Waals surface area contributed by atoms with Crippen molar-refractivity contribution in [2.75, 3.05) is 25.0 Å². The summed E-state index contributed by atoms with van der Waals surface area (Å²) in [6.07, 6.45) is 7.81. The Hall–Kier alpha value is -2.24. The van der Waals surface area contributed by atoms with Gasteiger partial charge in [0.25, 0.3) is 0 Å². The molecular formula is C21H31N3O3. The summed E-state index contributed by atoms with van der Waals surface area (Å²) in [4.78, 5) is 27.9. The predicted molar refractivity (Wildman–Crippen MR) is 106 cm³/mol. The first-order valence-corrected chi connectivity index (χ1v) is 10.2. The summed E-state index contributed by atoms with van der Waals surface area (Å²) in [6.45, 7) is 4.16. The van der Waals surface area contributed by atoms with Gasteiger partial charge in [-0.15, -0.1) is 0 Å². The molecule has 0 aromatic heterocycles. The number of rotatable bonds is 5. The van der Waals surface area contributed by atoms with E-state index < -0.39 is 5.54 Å². The van der Waals surface area contributed by atoms with E-state index in [-0.39, 0.29) is 11.9 Å².